The van der Waals surface area contributed by atoms with Crippen LogP contribution in [-0.4, -0.2) is 53.2 Å². The first-order valence-corrected chi connectivity index (χ1v) is 9.55. The first-order chi connectivity index (χ1) is 13.0. The molecule has 2 heterocycles. The molecule has 1 saturated heterocycles. The van der Waals surface area contributed by atoms with E-state index in [2.05, 4.69) is 11.9 Å². The number of thiophene rings is 1. The maximum atomic E-state index is 12.8. The summed E-state index contributed by atoms with van der Waals surface area (Å²) in [6, 6.07) is 10.4. The lowest BCUT2D eigenvalue weighted by Gasteiger charge is -2.39. The Balaban J connectivity index is 1.63. The molecule has 1 aromatic carbocycles. The van der Waals surface area contributed by atoms with Crippen LogP contribution >= 0.6 is 11.3 Å². The minimum absolute atomic E-state index is 0.0756. The Morgan fingerprint density at radius 2 is 1.93 bits per heavy atom. The average molecular weight is 383 g/mol. The molecule has 1 fully saturated rings. The van der Waals surface area contributed by atoms with Crippen molar-refractivity contribution in [2.45, 2.75) is 13.0 Å². The molecule has 0 radical (unpaired) electrons. The van der Waals surface area contributed by atoms with Gasteiger partial charge in [0.2, 0.25) is 5.91 Å². The van der Waals surface area contributed by atoms with E-state index in [4.69, 9.17) is 0 Å². The van der Waals surface area contributed by atoms with E-state index in [0.29, 0.717) is 35.8 Å². The quantitative estimate of drug-likeness (QED) is 0.826. The molecule has 7 heteroatoms. The molecule has 140 valence electrons. The Hall–Kier alpha value is -2.93. The first-order valence-electron chi connectivity index (χ1n) is 8.67. The van der Waals surface area contributed by atoms with Gasteiger partial charge in [0.05, 0.1) is 4.88 Å². The molecule has 1 N–H and O–H groups in total. The normalized spacial score (nSPS) is 16.7. The molecule has 0 saturated carbocycles. The van der Waals surface area contributed by atoms with Crippen LogP contribution in [-0.2, 0) is 4.79 Å². The third-order valence-corrected chi connectivity index (χ3v) is 5.38. The lowest BCUT2D eigenvalue weighted by atomic mass is 10.1. The fourth-order valence-electron chi connectivity index (χ4n) is 3.05. The van der Waals surface area contributed by atoms with Gasteiger partial charge in [0.15, 0.2) is 0 Å². The van der Waals surface area contributed by atoms with E-state index in [1.54, 1.807) is 40.1 Å². The number of rotatable bonds is 4. The van der Waals surface area contributed by atoms with Gasteiger partial charge in [-0.3, -0.25) is 14.4 Å². The molecular formula is C20H21N3O3S. The van der Waals surface area contributed by atoms with E-state index in [0.717, 1.165) is 0 Å². The standard InChI is InChI=1S/C20H21N3O3S/c1-3-18(24)22-10-11-23(14(2)13-22)20(26)15-6-8-16(9-7-15)21-19(25)17-5-4-12-27-17/h3-9,12,14H,1,10-11,13H2,2H3,(H,21,25)/t14-/m0/s1. The van der Waals surface area contributed by atoms with E-state index < -0.39 is 0 Å². The van der Waals surface area contributed by atoms with Crippen LogP contribution in [0.15, 0.2) is 54.4 Å². The Morgan fingerprint density at radius 1 is 1.19 bits per heavy atom. The van der Waals surface area contributed by atoms with Gasteiger partial charge >= 0.3 is 0 Å². The SMILES string of the molecule is C=CC(=O)N1CCN(C(=O)c2ccc(NC(=O)c3cccs3)cc2)[C@@H](C)C1. The maximum absolute atomic E-state index is 12.8. The summed E-state index contributed by atoms with van der Waals surface area (Å²) in [5.74, 6) is -0.357. The molecular weight excluding hydrogens is 362 g/mol. The minimum atomic E-state index is -0.166. The number of amides is 3. The van der Waals surface area contributed by atoms with Gasteiger partial charge in [0.1, 0.15) is 0 Å². The highest BCUT2D eigenvalue weighted by atomic mass is 32.1. The van der Waals surface area contributed by atoms with Crippen molar-refractivity contribution < 1.29 is 14.4 Å². The number of nitrogens with zero attached hydrogens (tertiary/aromatic N) is 2. The highest BCUT2D eigenvalue weighted by Crippen LogP contribution is 2.18. The Kier molecular flexibility index (Phi) is 5.71. The van der Waals surface area contributed by atoms with Crippen LogP contribution in [0.5, 0.6) is 0 Å². The second kappa shape index (κ2) is 8.18. The smallest absolute Gasteiger partial charge is 0.265 e. The molecule has 0 unspecified atom stereocenters. The van der Waals surface area contributed by atoms with Gasteiger partial charge in [0.25, 0.3) is 11.8 Å². The Bertz CT molecular complexity index is 846. The van der Waals surface area contributed by atoms with Gasteiger partial charge in [-0.2, -0.15) is 0 Å². The first kappa shape index (κ1) is 18.8. The van der Waals surface area contributed by atoms with E-state index in [9.17, 15) is 14.4 Å². The third-order valence-electron chi connectivity index (χ3n) is 4.51. The summed E-state index contributed by atoms with van der Waals surface area (Å²) in [4.78, 5) is 40.7. The van der Waals surface area contributed by atoms with Crippen molar-refractivity contribution in [3.05, 3.63) is 64.9 Å². The molecule has 0 bridgehead atoms. The topological polar surface area (TPSA) is 69.7 Å². The summed E-state index contributed by atoms with van der Waals surface area (Å²) in [5, 5.41) is 4.66. The number of hydrogen-bond acceptors (Lipinski definition) is 4. The summed E-state index contributed by atoms with van der Waals surface area (Å²) in [6.45, 7) is 6.90. The second-order valence-corrected chi connectivity index (χ2v) is 7.29. The van der Waals surface area contributed by atoms with Crippen LogP contribution in [0, 0.1) is 0 Å². The van der Waals surface area contributed by atoms with Gasteiger partial charge in [-0.15, -0.1) is 11.3 Å². The van der Waals surface area contributed by atoms with Gasteiger partial charge in [-0.05, 0) is 48.7 Å². The van der Waals surface area contributed by atoms with Crippen molar-refractivity contribution in [2.75, 3.05) is 25.0 Å². The highest BCUT2D eigenvalue weighted by Gasteiger charge is 2.29. The number of anilines is 1. The molecule has 2 aromatic rings. The predicted octanol–water partition coefficient (Wildman–Crippen LogP) is 2.86. The third kappa shape index (κ3) is 4.25. The number of hydrogen-bond donors (Lipinski definition) is 1. The number of nitrogens with one attached hydrogen (secondary N) is 1. The molecule has 27 heavy (non-hydrogen) atoms. The number of carbonyl (C=O) groups is 3. The zero-order valence-corrected chi connectivity index (χ0v) is 15.9. The van der Waals surface area contributed by atoms with Crippen LogP contribution in [0.4, 0.5) is 5.69 Å². The number of piperazine rings is 1. The van der Waals surface area contributed by atoms with Gasteiger partial charge in [0, 0.05) is 36.9 Å². The molecule has 1 aliphatic rings. The predicted molar refractivity (Wildman–Crippen MR) is 106 cm³/mol. The Morgan fingerprint density at radius 3 is 2.52 bits per heavy atom. The fraction of sp³-hybridized carbons (Fsp3) is 0.250. The molecule has 3 rings (SSSR count). The second-order valence-electron chi connectivity index (χ2n) is 6.34. The summed E-state index contributed by atoms with van der Waals surface area (Å²) in [6.07, 6.45) is 1.30. The van der Waals surface area contributed by atoms with Crippen molar-refractivity contribution in [3.8, 4) is 0 Å². The molecule has 0 aliphatic carbocycles. The van der Waals surface area contributed by atoms with Crippen LogP contribution in [0.2, 0.25) is 0 Å². The zero-order valence-electron chi connectivity index (χ0n) is 15.1. The number of benzene rings is 1. The minimum Gasteiger partial charge on any atom is -0.335 e. The van der Waals surface area contributed by atoms with Gasteiger partial charge in [-0.25, -0.2) is 0 Å². The van der Waals surface area contributed by atoms with Crippen molar-refractivity contribution in [2.24, 2.45) is 0 Å². The van der Waals surface area contributed by atoms with E-state index in [-0.39, 0.29) is 23.8 Å². The molecule has 1 aromatic heterocycles. The van der Waals surface area contributed by atoms with Crippen molar-refractivity contribution in [3.63, 3.8) is 0 Å². The summed E-state index contributed by atoms with van der Waals surface area (Å²) in [7, 11) is 0. The van der Waals surface area contributed by atoms with E-state index in [1.165, 1.54) is 17.4 Å². The molecule has 1 atom stereocenters. The lowest BCUT2D eigenvalue weighted by Crippen LogP contribution is -2.55. The number of carbonyl (C=O) groups excluding carboxylic acids is 3. The van der Waals surface area contributed by atoms with Crippen LogP contribution in [0.1, 0.15) is 27.0 Å². The summed E-state index contributed by atoms with van der Waals surface area (Å²) < 4.78 is 0. The maximum Gasteiger partial charge on any atom is 0.265 e. The van der Waals surface area contributed by atoms with E-state index >= 15 is 0 Å². The van der Waals surface area contributed by atoms with Gasteiger partial charge < -0.3 is 15.1 Å². The van der Waals surface area contributed by atoms with Crippen molar-refractivity contribution >= 4 is 34.7 Å². The van der Waals surface area contributed by atoms with Crippen molar-refractivity contribution in [1.82, 2.24) is 9.80 Å². The lowest BCUT2D eigenvalue weighted by molar-refractivity contribution is -0.128. The summed E-state index contributed by atoms with van der Waals surface area (Å²) in [5.41, 5.74) is 1.19. The Labute approximate surface area is 162 Å². The van der Waals surface area contributed by atoms with Crippen molar-refractivity contribution in [1.29, 1.82) is 0 Å². The monoisotopic (exact) mass is 383 g/mol. The van der Waals surface area contributed by atoms with Crippen LogP contribution in [0.25, 0.3) is 0 Å². The highest BCUT2D eigenvalue weighted by molar-refractivity contribution is 7.12. The van der Waals surface area contributed by atoms with E-state index in [1.807, 2.05) is 18.4 Å². The van der Waals surface area contributed by atoms with Crippen LogP contribution < -0.4 is 5.32 Å². The molecule has 6 nitrogen and oxygen atoms in total. The largest absolute Gasteiger partial charge is 0.335 e. The molecule has 0 spiro atoms. The summed E-state index contributed by atoms with van der Waals surface area (Å²) >= 11 is 1.37. The van der Waals surface area contributed by atoms with Gasteiger partial charge in [-0.1, -0.05) is 12.6 Å². The molecule has 1 aliphatic heterocycles. The average Bonchev–Trinajstić information content (AvgIpc) is 3.22. The molecule has 3 amide bonds. The fourth-order valence-corrected chi connectivity index (χ4v) is 3.67. The van der Waals surface area contributed by atoms with Crippen LogP contribution in [0.3, 0.4) is 0 Å². The zero-order chi connectivity index (χ0) is 19.4.